The van der Waals surface area contributed by atoms with Gasteiger partial charge in [-0.1, -0.05) is 6.92 Å². The zero-order chi connectivity index (χ0) is 14.1. The number of sulfone groups is 1. The maximum Gasteiger partial charge on any atom is 0.178 e. The van der Waals surface area contributed by atoms with Gasteiger partial charge in [0.1, 0.15) is 0 Å². The average Bonchev–Trinajstić information content (AvgIpc) is 2.39. The average molecular weight is 287 g/mol. The molecule has 1 aromatic rings. The molecular formula is C13H21NO4S. The van der Waals surface area contributed by atoms with Crippen LogP contribution in [0.4, 0.5) is 5.69 Å². The van der Waals surface area contributed by atoms with Gasteiger partial charge < -0.3 is 15.2 Å². The number of aliphatic hydroxyl groups is 1. The number of ether oxygens (including phenoxy) is 1. The van der Waals surface area contributed by atoms with Crippen molar-refractivity contribution < 1.29 is 18.3 Å². The number of anilines is 1. The number of benzene rings is 1. The first-order valence-corrected chi connectivity index (χ1v) is 8.00. The van der Waals surface area contributed by atoms with Gasteiger partial charge in [-0.15, -0.1) is 0 Å². The van der Waals surface area contributed by atoms with Crippen molar-refractivity contribution >= 4 is 15.5 Å². The Morgan fingerprint density at radius 1 is 1.21 bits per heavy atom. The van der Waals surface area contributed by atoms with Crippen molar-refractivity contribution in [2.45, 2.75) is 18.2 Å². The zero-order valence-corrected chi connectivity index (χ0v) is 11.9. The summed E-state index contributed by atoms with van der Waals surface area (Å²) in [5.41, 5.74) is 0.850. The van der Waals surface area contributed by atoms with Crippen LogP contribution in [0.25, 0.3) is 0 Å². The minimum absolute atomic E-state index is 0.0178. The van der Waals surface area contributed by atoms with Gasteiger partial charge >= 0.3 is 0 Å². The lowest BCUT2D eigenvalue weighted by atomic mass is 10.3. The molecule has 0 aromatic heterocycles. The molecule has 2 N–H and O–H groups in total. The van der Waals surface area contributed by atoms with Crippen LogP contribution in [0, 0.1) is 0 Å². The van der Waals surface area contributed by atoms with E-state index >= 15 is 0 Å². The summed E-state index contributed by atoms with van der Waals surface area (Å²) in [6, 6.07) is 6.72. The highest BCUT2D eigenvalue weighted by molar-refractivity contribution is 7.91. The Bertz CT molecular complexity index is 456. The fourth-order valence-corrected chi connectivity index (χ4v) is 2.92. The highest BCUT2D eigenvalue weighted by Crippen LogP contribution is 2.15. The van der Waals surface area contributed by atoms with Gasteiger partial charge in [0.05, 0.1) is 30.5 Å². The van der Waals surface area contributed by atoms with Crippen LogP contribution in [-0.2, 0) is 14.6 Å². The second kappa shape index (κ2) is 8.14. The number of hydrogen-bond acceptors (Lipinski definition) is 5. The third kappa shape index (κ3) is 5.59. The van der Waals surface area contributed by atoms with Crippen molar-refractivity contribution in [3.8, 4) is 0 Å². The van der Waals surface area contributed by atoms with Crippen molar-refractivity contribution in [3.63, 3.8) is 0 Å². The van der Waals surface area contributed by atoms with Gasteiger partial charge in [-0.2, -0.15) is 0 Å². The maximum absolute atomic E-state index is 11.8. The molecule has 0 fully saturated rings. The van der Waals surface area contributed by atoms with Crippen LogP contribution < -0.4 is 5.32 Å². The largest absolute Gasteiger partial charge is 0.394 e. The Kier molecular flexibility index (Phi) is 6.83. The van der Waals surface area contributed by atoms with Crippen molar-refractivity contribution in [2.24, 2.45) is 0 Å². The predicted octanol–water partition coefficient (Wildman–Crippen LogP) is 1.29. The lowest BCUT2D eigenvalue weighted by molar-refractivity contribution is 0.0992. The molecule has 0 aliphatic carbocycles. The lowest BCUT2D eigenvalue weighted by Gasteiger charge is -2.08. The molecular weight excluding hydrogens is 266 g/mol. The Hall–Kier alpha value is -1.11. The van der Waals surface area contributed by atoms with Crippen molar-refractivity contribution in [1.29, 1.82) is 0 Å². The monoisotopic (exact) mass is 287 g/mol. The molecule has 0 spiro atoms. The maximum atomic E-state index is 11.8. The van der Waals surface area contributed by atoms with E-state index in [9.17, 15) is 8.42 Å². The molecule has 0 aliphatic rings. The minimum atomic E-state index is -3.14. The summed E-state index contributed by atoms with van der Waals surface area (Å²) in [4.78, 5) is 0.358. The normalized spacial score (nSPS) is 11.5. The Morgan fingerprint density at radius 3 is 2.47 bits per heavy atom. The first-order valence-electron chi connectivity index (χ1n) is 6.35. The van der Waals surface area contributed by atoms with Gasteiger partial charge in [0.25, 0.3) is 0 Å². The van der Waals surface area contributed by atoms with Crippen LogP contribution in [0.5, 0.6) is 0 Å². The molecule has 0 heterocycles. The third-order valence-electron chi connectivity index (χ3n) is 2.50. The highest BCUT2D eigenvalue weighted by atomic mass is 32.2. The van der Waals surface area contributed by atoms with Gasteiger partial charge in [-0.25, -0.2) is 8.42 Å². The van der Waals surface area contributed by atoms with E-state index in [2.05, 4.69) is 5.32 Å². The first-order chi connectivity index (χ1) is 9.10. The van der Waals surface area contributed by atoms with E-state index in [0.29, 0.717) is 31.1 Å². The first kappa shape index (κ1) is 15.9. The van der Waals surface area contributed by atoms with Crippen LogP contribution in [0.3, 0.4) is 0 Å². The minimum Gasteiger partial charge on any atom is -0.394 e. The van der Waals surface area contributed by atoms with Crippen LogP contribution in [0.1, 0.15) is 13.3 Å². The molecule has 0 aliphatic heterocycles. The summed E-state index contributed by atoms with van der Waals surface area (Å²) in [5, 5.41) is 11.6. The fraction of sp³-hybridized carbons (Fsp3) is 0.538. The molecule has 0 unspecified atom stereocenters. The predicted molar refractivity (Wildman–Crippen MR) is 75.2 cm³/mol. The van der Waals surface area contributed by atoms with E-state index in [0.717, 1.165) is 5.69 Å². The summed E-state index contributed by atoms with van der Waals surface area (Å²) in [6.45, 7) is 3.30. The molecule has 0 saturated carbocycles. The summed E-state index contributed by atoms with van der Waals surface area (Å²) >= 11 is 0. The lowest BCUT2D eigenvalue weighted by Crippen LogP contribution is -2.11. The molecule has 5 nitrogen and oxygen atoms in total. The van der Waals surface area contributed by atoms with E-state index in [4.69, 9.17) is 9.84 Å². The molecule has 19 heavy (non-hydrogen) atoms. The van der Waals surface area contributed by atoms with Gasteiger partial charge in [-0.3, -0.25) is 0 Å². The fourth-order valence-electron chi connectivity index (χ4n) is 1.60. The van der Waals surface area contributed by atoms with E-state index in [1.54, 1.807) is 24.3 Å². The van der Waals surface area contributed by atoms with Crippen LogP contribution in [-0.4, -0.2) is 45.6 Å². The van der Waals surface area contributed by atoms with Gasteiger partial charge in [0.2, 0.25) is 0 Å². The third-order valence-corrected chi connectivity index (χ3v) is 4.43. The molecule has 0 radical (unpaired) electrons. The van der Waals surface area contributed by atoms with E-state index in [1.165, 1.54) is 0 Å². The Balaban J connectivity index is 2.48. The second-order valence-corrected chi connectivity index (χ2v) is 6.22. The summed E-state index contributed by atoms with van der Waals surface area (Å²) < 4.78 is 28.7. The molecule has 0 bridgehead atoms. The quantitative estimate of drug-likeness (QED) is 0.669. The van der Waals surface area contributed by atoms with Gasteiger partial charge in [-0.05, 0) is 30.7 Å². The molecule has 108 valence electrons. The van der Waals surface area contributed by atoms with Crippen molar-refractivity contribution in [1.82, 2.24) is 0 Å². The SMILES string of the molecule is CCCS(=O)(=O)c1ccc(NCCOCCO)cc1. The zero-order valence-electron chi connectivity index (χ0n) is 11.1. The molecule has 6 heteroatoms. The summed E-state index contributed by atoms with van der Waals surface area (Å²) in [7, 11) is -3.14. The van der Waals surface area contributed by atoms with Crippen LogP contribution in [0.2, 0.25) is 0 Å². The van der Waals surface area contributed by atoms with Crippen molar-refractivity contribution in [2.75, 3.05) is 37.4 Å². The van der Waals surface area contributed by atoms with E-state index in [1.807, 2.05) is 6.92 Å². The topological polar surface area (TPSA) is 75.6 Å². The smallest absolute Gasteiger partial charge is 0.178 e. The molecule has 0 saturated heterocycles. The second-order valence-electron chi connectivity index (χ2n) is 4.11. The molecule has 0 amide bonds. The molecule has 1 rings (SSSR count). The summed E-state index contributed by atoms with van der Waals surface area (Å²) in [6.07, 6.45) is 0.616. The van der Waals surface area contributed by atoms with Gasteiger partial charge in [0, 0.05) is 12.2 Å². The van der Waals surface area contributed by atoms with Gasteiger partial charge in [0.15, 0.2) is 9.84 Å². The van der Waals surface area contributed by atoms with E-state index < -0.39 is 9.84 Å². The van der Waals surface area contributed by atoms with Crippen molar-refractivity contribution in [3.05, 3.63) is 24.3 Å². The number of hydrogen-bond donors (Lipinski definition) is 2. The standard InChI is InChI=1S/C13H21NO4S/c1-2-11-19(16,17)13-5-3-12(4-6-13)14-7-9-18-10-8-15/h3-6,14-15H,2,7-11H2,1H3. The highest BCUT2D eigenvalue weighted by Gasteiger charge is 2.12. The Morgan fingerprint density at radius 2 is 1.89 bits per heavy atom. The number of rotatable bonds is 9. The number of nitrogens with one attached hydrogen (secondary N) is 1. The Labute approximate surface area is 114 Å². The van der Waals surface area contributed by atoms with Crippen LogP contribution >= 0.6 is 0 Å². The van der Waals surface area contributed by atoms with Crippen LogP contribution in [0.15, 0.2) is 29.2 Å². The number of aliphatic hydroxyl groups excluding tert-OH is 1. The summed E-state index contributed by atoms with van der Waals surface area (Å²) in [5.74, 6) is 0.175. The van der Waals surface area contributed by atoms with E-state index in [-0.39, 0.29) is 12.4 Å². The molecule has 0 atom stereocenters. The molecule has 1 aromatic carbocycles.